The normalized spacial score (nSPS) is 51.8. The second-order valence-corrected chi connectivity index (χ2v) is 13.7. The van der Waals surface area contributed by atoms with Crippen LogP contribution in [0.25, 0.3) is 0 Å². The van der Waals surface area contributed by atoms with E-state index in [1.807, 2.05) is 0 Å². The zero-order valence-corrected chi connectivity index (χ0v) is 21.3. The summed E-state index contributed by atoms with van der Waals surface area (Å²) in [6.45, 7) is 16.8. The van der Waals surface area contributed by atoms with Crippen LogP contribution in [0.15, 0.2) is 24.3 Å². The molecule has 4 unspecified atom stereocenters. The van der Waals surface area contributed by atoms with Crippen molar-refractivity contribution in [1.29, 1.82) is 0 Å². The predicted octanol–water partition coefficient (Wildman–Crippen LogP) is 7.89. The van der Waals surface area contributed by atoms with Gasteiger partial charge in [0.05, 0.1) is 5.41 Å². The minimum Gasteiger partial charge on any atom is -0.481 e. The van der Waals surface area contributed by atoms with Crippen molar-refractivity contribution in [3.05, 3.63) is 24.3 Å². The van der Waals surface area contributed by atoms with Gasteiger partial charge < -0.3 is 5.11 Å². The van der Waals surface area contributed by atoms with E-state index in [0.29, 0.717) is 34.0 Å². The average molecular weight is 439 g/mol. The molecule has 5 aliphatic rings. The van der Waals surface area contributed by atoms with Gasteiger partial charge in [0.1, 0.15) is 0 Å². The van der Waals surface area contributed by atoms with Crippen LogP contribution in [-0.2, 0) is 4.79 Å². The Bertz CT molecular complexity index is 838. The minimum atomic E-state index is -0.513. The SMILES string of the molecule is C=C[C@H]1CC[C@@]2(C)C(CC[C@@]3(C)C4CC[C@@]5(C(=O)O)CCC[C@H](C)C5C4=CCC32)C1(C)C. The molecule has 0 aromatic heterocycles. The van der Waals surface area contributed by atoms with Crippen molar-refractivity contribution in [1.82, 2.24) is 0 Å². The molecule has 0 saturated heterocycles. The van der Waals surface area contributed by atoms with Gasteiger partial charge in [0, 0.05) is 0 Å². The Balaban J connectivity index is 1.55. The lowest BCUT2D eigenvalue weighted by Crippen LogP contribution is -2.61. The maximum Gasteiger partial charge on any atom is 0.310 e. The fourth-order valence-corrected chi connectivity index (χ4v) is 10.9. The number of fused-ring (bicyclic) bond motifs is 7. The molecule has 5 rings (SSSR count). The van der Waals surface area contributed by atoms with Gasteiger partial charge in [0.25, 0.3) is 0 Å². The first-order chi connectivity index (χ1) is 15.0. The number of aliphatic carboxylic acids is 1. The lowest BCUT2D eigenvalue weighted by Gasteiger charge is -2.68. The molecule has 0 aliphatic heterocycles. The highest BCUT2D eigenvalue weighted by Gasteiger charge is 2.65. The van der Waals surface area contributed by atoms with Gasteiger partial charge >= 0.3 is 5.97 Å². The van der Waals surface area contributed by atoms with E-state index >= 15 is 0 Å². The summed E-state index contributed by atoms with van der Waals surface area (Å²) >= 11 is 0. The zero-order valence-electron chi connectivity index (χ0n) is 21.3. The number of rotatable bonds is 2. The molecule has 0 spiro atoms. The van der Waals surface area contributed by atoms with E-state index in [2.05, 4.69) is 53.3 Å². The van der Waals surface area contributed by atoms with E-state index in [4.69, 9.17) is 0 Å². The van der Waals surface area contributed by atoms with Crippen molar-refractivity contribution >= 4 is 5.97 Å². The summed E-state index contributed by atoms with van der Waals surface area (Å²) in [4.78, 5) is 12.6. The summed E-state index contributed by atoms with van der Waals surface area (Å²) in [5, 5.41) is 10.4. The third-order valence-corrected chi connectivity index (χ3v) is 12.4. The Morgan fingerprint density at radius 2 is 1.72 bits per heavy atom. The van der Waals surface area contributed by atoms with Crippen LogP contribution in [0.5, 0.6) is 0 Å². The Morgan fingerprint density at radius 1 is 1.00 bits per heavy atom. The van der Waals surface area contributed by atoms with Crippen molar-refractivity contribution in [3.8, 4) is 0 Å². The molecule has 0 aromatic rings. The fourth-order valence-electron chi connectivity index (χ4n) is 10.9. The maximum atomic E-state index is 12.6. The number of hydrogen-bond acceptors (Lipinski definition) is 1. The standard InChI is InChI=1S/C30H46O2/c1-7-20-12-16-29(6)23(27(20,3)4)14-17-28(5)22-13-18-30(26(31)32)15-8-9-19(2)25(30)21(22)10-11-24(28)29/h7,10,19-20,22-25H,1,8-9,11-18H2,2-6H3,(H,31,32)/t19-,20-,22?,23?,24?,25?,28-,29-,30-/m0/s1. The first kappa shape index (κ1) is 22.7. The molecule has 4 saturated carbocycles. The Kier molecular flexibility index (Phi) is 5.13. The highest BCUT2D eigenvalue weighted by molar-refractivity contribution is 5.76. The Hall–Kier alpha value is -1.05. The maximum absolute atomic E-state index is 12.6. The van der Waals surface area contributed by atoms with Gasteiger partial charge in [-0.05, 0) is 103 Å². The van der Waals surface area contributed by atoms with E-state index in [0.717, 1.165) is 37.5 Å². The topological polar surface area (TPSA) is 37.3 Å². The molecule has 2 nitrogen and oxygen atoms in total. The largest absolute Gasteiger partial charge is 0.481 e. The van der Waals surface area contributed by atoms with E-state index < -0.39 is 11.4 Å². The smallest absolute Gasteiger partial charge is 0.310 e. The predicted molar refractivity (Wildman–Crippen MR) is 131 cm³/mol. The summed E-state index contributed by atoms with van der Waals surface area (Å²) in [7, 11) is 0. The number of carbonyl (C=O) groups is 1. The van der Waals surface area contributed by atoms with E-state index in [1.54, 1.807) is 5.57 Å². The van der Waals surface area contributed by atoms with Crippen LogP contribution in [0.1, 0.15) is 98.8 Å². The lowest BCUT2D eigenvalue weighted by atomic mass is 9.36. The fraction of sp³-hybridized carbons (Fsp3) is 0.833. The summed E-state index contributed by atoms with van der Waals surface area (Å²) in [6, 6.07) is 0. The average Bonchev–Trinajstić information content (AvgIpc) is 2.72. The van der Waals surface area contributed by atoms with Gasteiger partial charge in [0.15, 0.2) is 0 Å². The quantitative estimate of drug-likeness (QED) is 0.445. The van der Waals surface area contributed by atoms with Crippen LogP contribution in [0.3, 0.4) is 0 Å². The van der Waals surface area contributed by atoms with Gasteiger partial charge in [-0.1, -0.05) is 65.2 Å². The van der Waals surface area contributed by atoms with Crippen LogP contribution >= 0.6 is 0 Å². The van der Waals surface area contributed by atoms with E-state index in [-0.39, 0.29) is 5.92 Å². The minimum absolute atomic E-state index is 0.267. The van der Waals surface area contributed by atoms with Crippen LogP contribution in [0.4, 0.5) is 0 Å². The monoisotopic (exact) mass is 438 g/mol. The number of carboxylic acids is 1. The van der Waals surface area contributed by atoms with Crippen molar-refractivity contribution in [2.45, 2.75) is 98.8 Å². The van der Waals surface area contributed by atoms with Crippen molar-refractivity contribution < 1.29 is 9.90 Å². The molecule has 9 atom stereocenters. The zero-order chi connectivity index (χ0) is 23.1. The van der Waals surface area contributed by atoms with Gasteiger partial charge in [-0.15, -0.1) is 6.58 Å². The molecule has 178 valence electrons. The summed E-state index contributed by atoms with van der Waals surface area (Å²) in [5.74, 6) is 2.97. The first-order valence-electron chi connectivity index (χ1n) is 13.6. The van der Waals surface area contributed by atoms with Gasteiger partial charge in [-0.3, -0.25) is 4.79 Å². The highest BCUT2D eigenvalue weighted by Crippen LogP contribution is 2.72. The third-order valence-electron chi connectivity index (χ3n) is 12.4. The summed E-state index contributed by atoms with van der Waals surface area (Å²) in [6.07, 6.45) is 16.4. The molecule has 2 heteroatoms. The molecular weight excluding hydrogens is 392 g/mol. The molecule has 5 aliphatic carbocycles. The number of hydrogen-bond donors (Lipinski definition) is 1. The van der Waals surface area contributed by atoms with Crippen LogP contribution in [0, 0.1) is 57.2 Å². The lowest BCUT2D eigenvalue weighted by molar-refractivity contribution is -0.174. The molecule has 0 aromatic carbocycles. The molecule has 0 amide bonds. The second-order valence-electron chi connectivity index (χ2n) is 13.7. The second kappa shape index (κ2) is 7.22. The summed E-state index contributed by atoms with van der Waals surface area (Å²) < 4.78 is 0. The summed E-state index contributed by atoms with van der Waals surface area (Å²) in [5.41, 5.74) is 2.12. The highest BCUT2D eigenvalue weighted by atomic mass is 16.4. The Labute approximate surface area is 196 Å². The molecular formula is C30H46O2. The van der Waals surface area contributed by atoms with Gasteiger partial charge in [-0.25, -0.2) is 0 Å². The Morgan fingerprint density at radius 3 is 2.41 bits per heavy atom. The number of carboxylic acid groups (broad SMARTS) is 1. The molecule has 0 heterocycles. The van der Waals surface area contributed by atoms with Crippen molar-refractivity contribution in [2.75, 3.05) is 0 Å². The molecule has 1 N–H and O–H groups in total. The van der Waals surface area contributed by atoms with Gasteiger partial charge in [0.2, 0.25) is 0 Å². The van der Waals surface area contributed by atoms with Gasteiger partial charge in [-0.2, -0.15) is 0 Å². The molecule has 4 fully saturated rings. The van der Waals surface area contributed by atoms with Crippen LogP contribution < -0.4 is 0 Å². The molecule has 32 heavy (non-hydrogen) atoms. The van der Waals surface area contributed by atoms with Crippen LogP contribution in [-0.4, -0.2) is 11.1 Å². The number of allylic oxidation sites excluding steroid dienone is 3. The van der Waals surface area contributed by atoms with E-state index in [1.165, 1.54) is 38.5 Å². The van der Waals surface area contributed by atoms with E-state index in [9.17, 15) is 9.90 Å². The first-order valence-corrected chi connectivity index (χ1v) is 13.6. The molecule has 0 radical (unpaired) electrons. The van der Waals surface area contributed by atoms with Crippen molar-refractivity contribution in [3.63, 3.8) is 0 Å². The van der Waals surface area contributed by atoms with Crippen molar-refractivity contribution in [2.24, 2.45) is 57.2 Å². The van der Waals surface area contributed by atoms with Crippen LogP contribution in [0.2, 0.25) is 0 Å². The molecule has 0 bridgehead atoms. The third kappa shape index (κ3) is 2.73.